The van der Waals surface area contributed by atoms with Gasteiger partial charge in [0.25, 0.3) is 0 Å². The number of hydrogen-bond acceptors (Lipinski definition) is 4. The smallest absolute Gasteiger partial charge is 0.237 e. The lowest BCUT2D eigenvalue weighted by molar-refractivity contribution is -0.115. The number of rotatable bonds is 6. The minimum Gasteiger partial charge on any atom is -0.379 e. The molecular formula is C26H24F2N4O. The first-order chi connectivity index (χ1) is 16.0. The molecule has 1 saturated heterocycles. The first-order valence-electron chi connectivity index (χ1n) is 11.0. The largest absolute Gasteiger partial charge is 0.379 e. The second-order valence-electron chi connectivity index (χ2n) is 8.49. The van der Waals surface area contributed by atoms with Crippen LogP contribution >= 0.6 is 0 Å². The lowest BCUT2D eigenvalue weighted by Gasteiger charge is -2.18. The van der Waals surface area contributed by atoms with E-state index in [1.54, 1.807) is 18.2 Å². The Morgan fingerprint density at radius 3 is 2.76 bits per heavy atom. The molecule has 0 spiro atoms. The Kier molecular flexibility index (Phi) is 5.88. The summed E-state index contributed by atoms with van der Waals surface area (Å²) in [5, 5.41) is 5.95. The Balaban J connectivity index is 1.21. The summed E-state index contributed by atoms with van der Waals surface area (Å²) >= 11 is 0. The van der Waals surface area contributed by atoms with E-state index in [9.17, 15) is 13.6 Å². The topological polar surface area (TPSA) is 56.7 Å². The molecule has 0 radical (unpaired) electrons. The zero-order chi connectivity index (χ0) is 22.8. The fourth-order valence-electron chi connectivity index (χ4n) is 4.43. The van der Waals surface area contributed by atoms with Gasteiger partial charge in [0.05, 0.1) is 11.4 Å². The predicted molar refractivity (Wildman–Crippen MR) is 126 cm³/mol. The molecule has 5 rings (SSSR count). The van der Waals surface area contributed by atoms with Crippen molar-refractivity contribution in [2.75, 3.05) is 23.7 Å². The van der Waals surface area contributed by atoms with Crippen LogP contribution in [-0.4, -0.2) is 36.2 Å². The maximum absolute atomic E-state index is 14.7. The van der Waals surface area contributed by atoms with Crippen molar-refractivity contribution in [2.45, 2.75) is 24.9 Å². The molecule has 0 aliphatic carbocycles. The van der Waals surface area contributed by atoms with Gasteiger partial charge in [-0.05, 0) is 41.8 Å². The molecule has 0 aromatic heterocycles. The number of benzene rings is 3. The normalized spacial score (nSPS) is 20.2. The number of anilines is 2. The molecule has 7 heteroatoms. The van der Waals surface area contributed by atoms with Crippen LogP contribution in [0, 0.1) is 11.6 Å². The van der Waals surface area contributed by atoms with Gasteiger partial charge in [-0.25, -0.2) is 8.78 Å². The third-order valence-corrected chi connectivity index (χ3v) is 6.10. The van der Waals surface area contributed by atoms with Crippen LogP contribution in [0.2, 0.25) is 0 Å². The van der Waals surface area contributed by atoms with Crippen molar-refractivity contribution in [3.05, 3.63) is 89.5 Å². The second-order valence-corrected chi connectivity index (χ2v) is 8.49. The maximum Gasteiger partial charge on any atom is 0.237 e. The van der Waals surface area contributed by atoms with E-state index in [1.807, 2.05) is 18.2 Å². The number of carbonyl (C=O) groups excluding carboxylic acids is 1. The maximum atomic E-state index is 14.7. The first-order valence-corrected chi connectivity index (χ1v) is 11.0. The quantitative estimate of drug-likeness (QED) is 0.519. The fraction of sp³-hybridized carbons (Fsp3) is 0.231. The number of likely N-dealkylation sites (tertiary alicyclic amines) is 1. The zero-order valence-electron chi connectivity index (χ0n) is 18.0. The molecule has 2 atom stereocenters. The molecule has 33 heavy (non-hydrogen) atoms. The summed E-state index contributed by atoms with van der Waals surface area (Å²) in [5.74, 6) is -1.71. The van der Waals surface area contributed by atoms with E-state index < -0.39 is 11.7 Å². The van der Waals surface area contributed by atoms with Gasteiger partial charge in [-0.1, -0.05) is 36.4 Å². The molecule has 5 nitrogen and oxygen atoms in total. The minimum atomic E-state index is -0.629. The van der Waals surface area contributed by atoms with E-state index >= 15 is 0 Å². The number of halogens is 2. The third kappa shape index (κ3) is 4.78. The van der Waals surface area contributed by atoms with Crippen molar-refractivity contribution in [3.8, 4) is 0 Å². The molecule has 2 aliphatic heterocycles. The summed E-state index contributed by atoms with van der Waals surface area (Å²) in [6.45, 7) is 2.70. The predicted octanol–water partition coefficient (Wildman–Crippen LogP) is 5.09. The lowest BCUT2D eigenvalue weighted by atomic mass is 10.0. The van der Waals surface area contributed by atoms with Crippen LogP contribution in [0.4, 0.5) is 25.8 Å². The van der Waals surface area contributed by atoms with Crippen LogP contribution in [0.3, 0.4) is 0 Å². The average molecular weight is 447 g/mol. The van der Waals surface area contributed by atoms with Gasteiger partial charge in [-0.2, -0.15) is 0 Å². The average Bonchev–Trinajstić information content (AvgIpc) is 3.37. The number of nitrogens with one attached hydrogen (secondary N) is 2. The van der Waals surface area contributed by atoms with Gasteiger partial charge >= 0.3 is 0 Å². The Labute approximate surface area is 191 Å². The molecule has 2 aliphatic rings. The van der Waals surface area contributed by atoms with E-state index in [-0.39, 0.29) is 17.8 Å². The molecule has 0 bridgehead atoms. The summed E-state index contributed by atoms with van der Waals surface area (Å²) in [6.07, 6.45) is 2.42. The van der Waals surface area contributed by atoms with Crippen LogP contribution in [0.15, 0.2) is 71.7 Å². The highest BCUT2D eigenvalue weighted by molar-refractivity contribution is 6.12. The molecule has 2 heterocycles. The summed E-state index contributed by atoms with van der Waals surface area (Å²) in [5.41, 5.74) is 3.24. The molecule has 0 saturated carbocycles. The van der Waals surface area contributed by atoms with E-state index in [1.165, 1.54) is 30.0 Å². The fourth-order valence-corrected chi connectivity index (χ4v) is 4.43. The highest BCUT2D eigenvalue weighted by atomic mass is 19.1. The molecule has 1 fully saturated rings. The zero-order valence-corrected chi connectivity index (χ0v) is 18.0. The van der Waals surface area contributed by atoms with Gasteiger partial charge in [0.2, 0.25) is 5.91 Å². The van der Waals surface area contributed by atoms with E-state index in [2.05, 4.69) is 32.7 Å². The number of fused-ring (bicyclic) bond motifs is 1. The van der Waals surface area contributed by atoms with Crippen molar-refractivity contribution >= 4 is 29.2 Å². The van der Waals surface area contributed by atoms with Crippen molar-refractivity contribution in [1.29, 1.82) is 0 Å². The molecule has 3 aromatic rings. The number of hydrogen-bond donors (Lipinski definition) is 2. The lowest BCUT2D eigenvalue weighted by Crippen LogP contribution is -2.26. The first kappa shape index (κ1) is 21.3. The number of carbonyl (C=O) groups is 1. The molecule has 2 unspecified atom stereocenters. The number of aliphatic imine (C=N–C) groups is 1. The Morgan fingerprint density at radius 2 is 1.94 bits per heavy atom. The third-order valence-electron chi connectivity index (χ3n) is 6.10. The van der Waals surface area contributed by atoms with Gasteiger partial charge in [-0.15, -0.1) is 0 Å². The second kappa shape index (κ2) is 9.11. The molecule has 3 aromatic carbocycles. The molecule has 168 valence electrons. The monoisotopic (exact) mass is 446 g/mol. The van der Waals surface area contributed by atoms with Crippen LogP contribution in [0.1, 0.15) is 23.5 Å². The van der Waals surface area contributed by atoms with Crippen LogP contribution in [0.25, 0.3) is 0 Å². The van der Waals surface area contributed by atoms with Crippen LogP contribution in [-0.2, 0) is 11.3 Å². The van der Waals surface area contributed by atoms with Gasteiger partial charge in [0.1, 0.15) is 17.6 Å². The minimum absolute atomic E-state index is 0.177. The van der Waals surface area contributed by atoms with Crippen molar-refractivity contribution in [2.24, 2.45) is 4.99 Å². The highest BCUT2D eigenvalue weighted by Crippen LogP contribution is 2.32. The van der Waals surface area contributed by atoms with Gasteiger partial charge in [0.15, 0.2) is 0 Å². The molecule has 1 amide bonds. The van der Waals surface area contributed by atoms with Crippen molar-refractivity contribution in [3.63, 3.8) is 0 Å². The summed E-state index contributed by atoms with van der Waals surface area (Å²) in [6, 6.07) is 19.4. The van der Waals surface area contributed by atoms with Crippen molar-refractivity contribution < 1.29 is 13.6 Å². The number of nitrogens with zero attached hydrogens (tertiary/aromatic N) is 2. The highest BCUT2D eigenvalue weighted by Gasteiger charge is 2.29. The summed E-state index contributed by atoms with van der Waals surface area (Å²) < 4.78 is 28.1. The van der Waals surface area contributed by atoms with E-state index in [0.29, 0.717) is 22.6 Å². The molecular weight excluding hydrogens is 422 g/mol. The van der Waals surface area contributed by atoms with E-state index in [4.69, 9.17) is 0 Å². The van der Waals surface area contributed by atoms with E-state index in [0.717, 1.165) is 26.1 Å². The Bertz CT molecular complexity index is 1200. The standard InChI is InChI=1S/C26H24F2N4O/c27-18-6-8-21-22(26(33)31-25(21)12-18)14-29-19-7-9-24(23(28)13-19)30-20-10-11-32(16-20)15-17-4-2-1-3-5-17/h1-9,12-14,20,22,30H,10-11,15-16H2,(H,31,33). The van der Waals surface area contributed by atoms with Crippen molar-refractivity contribution in [1.82, 2.24) is 4.90 Å². The SMILES string of the molecule is O=C1Nc2cc(F)ccc2C1C=Nc1ccc(NC2CCN(Cc3ccccc3)C2)c(F)c1. The molecule has 2 N–H and O–H groups in total. The van der Waals surface area contributed by atoms with Gasteiger partial charge in [-0.3, -0.25) is 14.7 Å². The Morgan fingerprint density at radius 1 is 1.09 bits per heavy atom. The number of amides is 1. The van der Waals surface area contributed by atoms with Gasteiger partial charge in [0, 0.05) is 43.6 Å². The summed E-state index contributed by atoms with van der Waals surface area (Å²) in [4.78, 5) is 18.9. The van der Waals surface area contributed by atoms with Crippen LogP contribution < -0.4 is 10.6 Å². The van der Waals surface area contributed by atoms with Crippen LogP contribution in [0.5, 0.6) is 0 Å². The Hall–Kier alpha value is -3.58. The summed E-state index contributed by atoms with van der Waals surface area (Å²) in [7, 11) is 0. The van der Waals surface area contributed by atoms with Gasteiger partial charge < -0.3 is 10.6 Å².